The van der Waals surface area contributed by atoms with Crippen molar-refractivity contribution in [2.24, 2.45) is 0 Å². The van der Waals surface area contributed by atoms with E-state index in [-0.39, 0.29) is 6.42 Å². The summed E-state index contributed by atoms with van der Waals surface area (Å²) < 4.78 is 0. The van der Waals surface area contributed by atoms with Crippen molar-refractivity contribution in [1.29, 1.82) is 0 Å². The predicted octanol–water partition coefficient (Wildman–Crippen LogP) is 2.81. The third-order valence-corrected chi connectivity index (χ3v) is 3.49. The number of benzene rings is 1. The standard InChI is InChI=1S/C14H16N2O2S/c17-13(18)9-12-10-19-14(16-12)15-8-4-7-11-5-2-1-3-6-11/h1-3,5-6,10H,4,7-9H2,(H,15,16)(H,17,18). The molecule has 2 rings (SSSR count). The summed E-state index contributed by atoms with van der Waals surface area (Å²) in [6.45, 7) is 0.842. The topological polar surface area (TPSA) is 62.2 Å². The molecule has 0 atom stereocenters. The van der Waals surface area contributed by atoms with Crippen molar-refractivity contribution in [2.75, 3.05) is 11.9 Å². The summed E-state index contributed by atoms with van der Waals surface area (Å²) in [6, 6.07) is 10.3. The van der Waals surface area contributed by atoms with Crippen LogP contribution < -0.4 is 5.32 Å². The van der Waals surface area contributed by atoms with Gasteiger partial charge in [0.1, 0.15) is 0 Å². The summed E-state index contributed by atoms with van der Waals surface area (Å²) in [5.74, 6) is -0.846. The number of carboxylic acid groups (broad SMARTS) is 1. The van der Waals surface area contributed by atoms with E-state index >= 15 is 0 Å². The molecule has 0 saturated heterocycles. The molecule has 5 heteroatoms. The molecule has 0 saturated carbocycles. The number of carbonyl (C=O) groups is 1. The van der Waals surface area contributed by atoms with Crippen molar-refractivity contribution in [1.82, 2.24) is 4.98 Å². The van der Waals surface area contributed by atoms with Crippen LogP contribution in [0.4, 0.5) is 5.13 Å². The molecule has 4 nitrogen and oxygen atoms in total. The number of hydrogen-bond donors (Lipinski definition) is 2. The summed E-state index contributed by atoms with van der Waals surface area (Å²) in [5, 5.41) is 14.5. The minimum Gasteiger partial charge on any atom is -0.481 e. The minimum absolute atomic E-state index is 0.0117. The molecule has 0 spiro atoms. The molecule has 2 aromatic rings. The number of anilines is 1. The van der Waals surface area contributed by atoms with Crippen LogP contribution in [0.3, 0.4) is 0 Å². The molecular weight excluding hydrogens is 260 g/mol. The lowest BCUT2D eigenvalue weighted by molar-refractivity contribution is -0.136. The first-order valence-electron chi connectivity index (χ1n) is 6.18. The number of thiazole rings is 1. The Hall–Kier alpha value is -1.88. The van der Waals surface area contributed by atoms with E-state index in [2.05, 4.69) is 22.4 Å². The van der Waals surface area contributed by atoms with Gasteiger partial charge in [0, 0.05) is 11.9 Å². The number of aryl methyl sites for hydroxylation is 1. The van der Waals surface area contributed by atoms with Crippen molar-refractivity contribution < 1.29 is 9.90 Å². The van der Waals surface area contributed by atoms with Gasteiger partial charge in [0.15, 0.2) is 5.13 Å². The summed E-state index contributed by atoms with van der Waals surface area (Å²) in [6.07, 6.45) is 2.04. The van der Waals surface area contributed by atoms with Crippen LogP contribution in [-0.2, 0) is 17.6 Å². The molecule has 19 heavy (non-hydrogen) atoms. The zero-order valence-corrected chi connectivity index (χ0v) is 11.3. The average Bonchev–Trinajstić information content (AvgIpc) is 2.83. The van der Waals surface area contributed by atoms with Gasteiger partial charge in [-0.3, -0.25) is 4.79 Å². The molecule has 1 heterocycles. The van der Waals surface area contributed by atoms with Gasteiger partial charge < -0.3 is 10.4 Å². The second-order valence-corrected chi connectivity index (χ2v) is 5.09. The fraction of sp³-hybridized carbons (Fsp3) is 0.286. The Balaban J connectivity index is 1.71. The van der Waals surface area contributed by atoms with Gasteiger partial charge in [-0.2, -0.15) is 0 Å². The molecule has 0 aliphatic rings. The highest BCUT2D eigenvalue weighted by molar-refractivity contribution is 7.13. The Morgan fingerprint density at radius 1 is 1.32 bits per heavy atom. The first-order chi connectivity index (χ1) is 9.24. The monoisotopic (exact) mass is 276 g/mol. The molecule has 0 amide bonds. The second-order valence-electron chi connectivity index (χ2n) is 4.23. The van der Waals surface area contributed by atoms with Crippen LogP contribution in [0, 0.1) is 0 Å². The number of carboxylic acids is 1. The van der Waals surface area contributed by atoms with Gasteiger partial charge in [-0.15, -0.1) is 11.3 Å². The largest absolute Gasteiger partial charge is 0.481 e. The summed E-state index contributed by atoms with van der Waals surface area (Å²) >= 11 is 1.45. The van der Waals surface area contributed by atoms with Crippen LogP contribution in [0.25, 0.3) is 0 Å². The third kappa shape index (κ3) is 4.71. The van der Waals surface area contributed by atoms with E-state index in [1.54, 1.807) is 5.38 Å². The van der Waals surface area contributed by atoms with Gasteiger partial charge in [0.25, 0.3) is 0 Å². The van der Waals surface area contributed by atoms with Gasteiger partial charge in [-0.25, -0.2) is 4.98 Å². The lowest BCUT2D eigenvalue weighted by atomic mass is 10.1. The van der Waals surface area contributed by atoms with Gasteiger partial charge in [0.05, 0.1) is 12.1 Å². The molecule has 1 aromatic carbocycles. The van der Waals surface area contributed by atoms with Crippen LogP contribution in [0.5, 0.6) is 0 Å². The summed E-state index contributed by atoms with van der Waals surface area (Å²) in [4.78, 5) is 14.8. The van der Waals surface area contributed by atoms with E-state index < -0.39 is 5.97 Å². The van der Waals surface area contributed by atoms with Crippen molar-refractivity contribution in [2.45, 2.75) is 19.3 Å². The molecule has 1 aromatic heterocycles. The van der Waals surface area contributed by atoms with Crippen molar-refractivity contribution in [3.05, 3.63) is 47.0 Å². The van der Waals surface area contributed by atoms with E-state index in [0.29, 0.717) is 5.69 Å². The number of aliphatic carboxylic acids is 1. The Morgan fingerprint density at radius 2 is 2.11 bits per heavy atom. The van der Waals surface area contributed by atoms with Crippen molar-refractivity contribution in [3.8, 4) is 0 Å². The number of hydrogen-bond acceptors (Lipinski definition) is 4. The molecule has 0 aliphatic carbocycles. The Labute approximate surface area is 116 Å². The normalized spacial score (nSPS) is 10.3. The van der Waals surface area contributed by atoms with Gasteiger partial charge >= 0.3 is 5.97 Å². The van der Waals surface area contributed by atoms with E-state index in [0.717, 1.165) is 24.5 Å². The maximum Gasteiger partial charge on any atom is 0.309 e. The molecule has 0 aliphatic heterocycles. The molecule has 0 radical (unpaired) electrons. The predicted molar refractivity (Wildman–Crippen MR) is 76.7 cm³/mol. The molecule has 0 unspecified atom stereocenters. The maximum absolute atomic E-state index is 10.5. The fourth-order valence-electron chi connectivity index (χ4n) is 1.76. The number of nitrogens with one attached hydrogen (secondary N) is 1. The first kappa shape index (κ1) is 13.5. The highest BCUT2D eigenvalue weighted by atomic mass is 32.1. The van der Waals surface area contributed by atoms with Gasteiger partial charge in [-0.05, 0) is 18.4 Å². The fourth-order valence-corrected chi connectivity index (χ4v) is 2.50. The lowest BCUT2D eigenvalue weighted by Crippen LogP contribution is -2.04. The van der Waals surface area contributed by atoms with E-state index in [1.807, 2.05) is 18.2 Å². The molecule has 2 N–H and O–H groups in total. The van der Waals surface area contributed by atoms with Crippen LogP contribution in [0.1, 0.15) is 17.7 Å². The smallest absolute Gasteiger partial charge is 0.309 e. The molecular formula is C14H16N2O2S. The number of aromatic nitrogens is 1. The zero-order valence-electron chi connectivity index (χ0n) is 10.5. The average molecular weight is 276 g/mol. The highest BCUT2D eigenvalue weighted by Crippen LogP contribution is 2.15. The summed E-state index contributed by atoms with van der Waals surface area (Å²) in [5.41, 5.74) is 1.94. The van der Waals surface area contributed by atoms with E-state index in [9.17, 15) is 4.79 Å². The second kappa shape index (κ2) is 6.89. The number of rotatable bonds is 7. The highest BCUT2D eigenvalue weighted by Gasteiger charge is 2.05. The van der Waals surface area contributed by atoms with Crippen molar-refractivity contribution >= 4 is 22.4 Å². The van der Waals surface area contributed by atoms with E-state index in [1.165, 1.54) is 16.9 Å². The molecule has 100 valence electrons. The van der Waals surface area contributed by atoms with Gasteiger partial charge in [-0.1, -0.05) is 30.3 Å². The SMILES string of the molecule is O=C(O)Cc1csc(NCCCc2ccccc2)n1. The minimum atomic E-state index is -0.846. The number of nitrogens with zero attached hydrogens (tertiary/aromatic N) is 1. The maximum atomic E-state index is 10.5. The van der Waals surface area contributed by atoms with E-state index in [4.69, 9.17) is 5.11 Å². The Morgan fingerprint density at radius 3 is 2.84 bits per heavy atom. The lowest BCUT2D eigenvalue weighted by Gasteiger charge is -2.02. The van der Waals surface area contributed by atoms with Crippen LogP contribution >= 0.6 is 11.3 Å². The van der Waals surface area contributed by atoms with Crippen LogP contribution in [0.2, 0.25) is 0 Å². The first-order valence-corrected chi connectivity index (χ1v) is 7.06. The zero-order chi connectivity index (χ0) is 13.5. The van der Waals surface area contributed by atoms with Crippen LogP contribution in [0.15, 0.2) is 35.7 Å². The quantitative estimate of drug-likeness (QED) is 0.763. The third-order valence-electron chi connectivity index (χ3n) is 2.65. The molecule has 0 fully saturated rings. The Bertz CT molecular complexity index is 525. The Kier molecular flexibility index (Phi) is 4.92. The van der Waals surface area contributed by atoms with Gasteiger partial charge in [0.2, 0.25) is 0 Å². The van der Waals surface area contributed by atoms with Crippen molar-refractivity contribution in [3.63, 3.8) is 0 Å². The van der Waals surface area contributed by atoms with Crippen LogP contribution in [-0.4, -0.2) is 22.6 Å². The summed E-state index contributed by atoms with van der Waals surface area (Å²) in [7, 11) is 0. The molecule has 0 bridgehead atoms.